The second-order valence-electron chi connectivity index (χ2n) is 0.447. The van der Waals surface area contributed by atoms with E-state index in [2.05, 4.69) is 0 Å². The summed E-state index contributed by atoms with van der Waals surface area (Å²) >= 11 is 0. The molecule has 0 aromatic heterocycles. The maximum absolute atomic E-state index is 8.55. The summed E-state index contributed by atoms with van der Waals surface area (Å²) in [4.78, 5) is 25.6. The molecule has 4 radical (unpaired) electrons. The van der Waals surface area contributed by atoms with Crippen molar-refractivity contribution in [2.75, 3.05) is 0 Å². The first-order valence-corrected chi connectivity index (χ1v) is 2.19. The van der Waals surface area contributed by atoms with Crippen LogP contribution in [0.5, 0.6) is 0 Å². The van der Waals surface area contributed by atoms with Gasteiger partial charge in [-0.3, -0.25) is 0 Å². The van der Waals surface area contributed by atoms with Crippen molar-refractivity contribution in [1.29, 1.82) is 0 Å². The van der Waals surface area contributed by atoms with Gasteiger partial charge in [0.2, 0.25) is 0 Å². The normalized spacial score (nSPS) is 8.43. The molecule has 0 aliphatic heterocycles. The molecule has 0 aliphatic carbocycles. The van der Waals surface area contributed by atoms with Crippen molar-refractivity contribution in [1.82, 2.24) is 0 Å². The third kappa shape index (κ3) is 138. The van der Waals surface area contributed by atoms with Crippen LogP contribution >= 0.6 is 7.82 Å². The zero-order chi connectivity index (χ0) is 4.50. The SMILES string of the molecule is O=P([O-])([O-])[O-].[Al+3].[Ge]. The van der Waals surface area contributed by atoms with Crippen LogP contribution in [0.25, 0.3) is 0 Å². The summed E-state index contributed by atoms with van der Waals surface area (Å²) in [6.07, 6.45) is 0. The number of phosphoric acid groups is 1. The van der Waals surface area contributed by atoms with E-state index in [0.717, 1.165) is 0 Å². The van der Waals surface area contributed by atoms with Gasteiger partial charge in [0.1, 0.15) is 0 Å². The molecule has 0 saturated carbocycles. The minimum Gasteiger partial charge on any atom is -0.822 e. The van der Waals surface area contributed by atoms with Crippen LogP contribution in [0.2, 0.25) is 0 Å². The van der Waals surface area contributed by atoms with Gasteiger partial charge in [-0.25, -0.2) is 0 Å². The molecule has 0 heterocycles. The molecule has 0 aliphatic rings. The Labute approximate surface area is 62.3 Å². The number of rotatable bonds is 0. The van der Waals surface area contributed by atoms with Crippen molar-refractivity contribution in [2.45, 2.75) is 0 Å². The van der Waals surface area contributed by atoms with E-state index in [9.17, 15) is 0 Å². The van der Waals surface area contributed by atoms with E-state index in [1.54, 1.807) is 0 Å². The van der Waals surface area contributed by atoms with E-state index in [0.29, 0.717) is 0 Å². The Morgan fingerprint density at radius 1 is 1.14 bits per heavy atom. The monoisotopic (exact) mass is 196 g/mol. The van der Waals surface area contributed by atoms with Gasteiger partial charge in [-0.1, -0.05) is 0 Å². The fourth-order valence-electron chi connectivity index (χ4n) is 0. The van der Waals surface area contributed by atoms with E-state index < -0.39 is 7.82 Å². The van der Waals surface area contributed by atoms with Crippen molar-refractivity contribution in [3.05, 3.63) is 0 Å². The molecule has 0 amide bonds. The summed E-state index contributed by atoms with van der Waals surface area (Å²) in [6, 6.07) is 0. The molecule has 7 heteroatoms. The van der Waals surface area contributed by atoms with Gasteiger partial charge >= 0.3 is 17.4 Å². The topological polar surface area (TPSA) is 86.2 Å². The molecule has 0 rings (SSSR count). The van der Waals surface area contributed by atoms with Gasteiger partial charge in [0.15, 0.2) is 0 Å². The van der Waals surface area contributed by atoms with E-state index in [1.165, 1.54) is 0 Å². The molecular weight excluding hydrogens is 195 g/mol. The fourth-order valence-corrected chi connectivity index (χ4v) is 0. The Balaban J connectivity index is -0.0000000800. The molecule has 0 aromatic carbocycles. The summed E-state index contributed by atoms with van der Waals surface area (Å²) in [7, 11) is -5.39. The van der Waals surface area contributed by atoms with Gasteiger partial charge in [-0.15, -0.1) is 0 Å². The van der Waals surface area contributed by atoms with Gasteiger partial charge in [0.25, 0.3) is 0 Å². The van der Waals surface area contributed by atoms with Gasteiger partial charge in [0.05, 0.1) is 0 Å². The number of hydrogen-bond acceptors (Lipinski definition) is 4. The Bertz CT molecular complexity index is 57.8. The molecule has 0 spiro atoms. The van der Waals surface area contributed by atoms with E-state index >= 15 is 0 Å². The van der Waals surface area contributed by atoms with Crippen LogP contribution < -0.4 is 14.7 Å². The molecule has 0 aromatic rings. The Hall–Kier alpha value is 1.19. The quantitative estimate of drug-likeness (QED) is 0.295. The minimum absolute atomic E-state index is 0. The summed E-state index contributed by atoms with van der Waals surface area (Å²) < 4.78 is 8.55. The predicted octanol–water partition coefficient (Wildman–Crippen LogP) is -3.59. The molecule has 7 heavy (non-hydrogen) atoms. The third-order valence-electron chi connectivity index (χ3n) is 0. The molecule has 0 saturated heterocycles. The molecule has 0 bridgehead atoms. The summed E-state index contributed by atoms with van der Waals surface area (Å²) in [5.41, 5.74) is 0. The second-order valence-corrected chi connectivity index (χ2v) is 1.34. The molecule has 0 unspecified atom stereocenters. The van der Waals surface area contributed by atoms with Crippen LogP contribution in [0.15, 0.2) is 0 Å². The van der Waals surface area contributed by atoms with Gasteiger partial charge < -0.3 is 19.2 Å². The third-order valence-corrected chi connectivity index (χ3v) is 0. The standard InChI is InChI=1S/Al.Ge.H3O4P/c;;1-5(2,3)4/h;;(H3,1,2,3,4)/q+3;;/p-3. The summed E-state index contributed by atoms with van der Waals surface area (Å²) in [5, 5.41) is 0. The van der Waals surface area contributed by atoms with Crippen molar-refractivity contribution >= 4 is 42.8 Å². The Morgan fingerprint density at radius 3 is 1.14 bits per heavy atom. The van der Waals surface area contributed by atoms with E-state index in [1.807, 2.05) is 0 Å². The zero-order valence-corrected chi connectivity index (χ0v) is 7.30. The molecule has 0 fully saturated rings. The molecule has 4 nitrogen and oxygen atoms in total. The smallest absolute Gasteiger partial charge is 0.822 e. The molecule has 0 N–H and O–H groups in total. The van der Waals surface area contributed by atoms with Gasteiger partial charge in [-0.05, 0) is 0 Å². The maximum Gasteiger partial charge on any atom is 3.00 e. The van der Waals surface area contributed by atoms with Crippen LogP contribution in [-0.4, -0.2) is 35.0 Å². The van der Waals surface area contributed by atoms with E-state index in [-0.39, 0.29) is 35.0 Å². The van der Waals surface area contributed by atoms with Crippen LogP contribution in [0.1, 0.15) is 0 Å². The summed E-state index contributed by atoms with van der Waals surface area (Å²) in [5.74, 6) is 0. The average molecular weight is 195 g/mol. The Morgan fingerprint density at radius 2 is 1.14 bits per heavy atom. The van der Waals surface area contributed by atoms with Crippen molar-refractivity contribution in [3.8, 4) is 0 Å². The fraction of sp³-hybridized carbons (Fsp3) is 0. The Kier molecular flexibility index (Phi) is 12.0. The minimum atomic E-state index is -5.39. The molecule has 36 valence electrons. The predicted molar refractivity (Wildman–Crippen MR) is 19.1 cm³/mol. The van der Waals surface area contributed by atoms with Gasteiger partial charge in [0, 0.05) is 17.6 Å². The van der Waals surface area contributed by atoms with Gasteiger partial charge in [-0.2, -0.15) is 7.82 Å². The van der Waals surface area contributed by atoms with Crippen LogP contribution in [-0.2, 0) is 4.57 Å². The van der Waals surface area contributed by atoms with Crippen molar-refractivity contribution in [2.24, 2.45) is 0 Å². The molecular formula is AlGeO4P. The van der Waals surface area contributed by atoms with Crippen LogP contribution in [0.4, 0.5) is 0 Å². The first kappa shape index (κ1) is 15.7. The van der Waals surface area contributed by atoms with E-state index in [4.69, 9.17) is 19.2 Å². The first-order valence-electron chi connectivity index (χ1n) is 0.730. The van der Waals surface area contributed by atoms with Crippen molar-refractivity contribution in [3.63, 3.8) is 0 Å². The average Bonchev–Trinajstić information content (AvgIpc) is 0.722. The summed E-state index contributed by atoms with van der Waals surface area (Å²) in [6.45, 7) is 0. The zero-order valence-electron chi connectivity index (χ0n) is 3.16. The number of hydrogen-bond donors (Lipinski definition) is 0. The first-order chi connectivity index (χ1) is 2.00. The molecule has 0 atom stereocenters. The van der Waals surface area contributed by atoms with Crippen LogP contribution in [0.3, 0.4) is 0 Å². The van der Waals surface area contributed by atoms with Crippen molar-refractivity contribution < 1.29 is 19.2 Å². The largest absolute Gasteiger partial charge is 3.00 e. The van der Waals surface area contributed by atoms with Crippen LogP contribution in [0, 0.1) is 0 Å². The maximum atomic E-state index is 8.55. The second kappa shape index (κ2) is 5.32.